The summed E-state index contributed by atoms with van der Waals surface area (Å²) in [6, 6.07) is 10.8. The normalized spacial score (nSPS) is 27.2. The number of nitrogens with two attached hydrogens (primary N) is 1. The number of amides is 1. The number of piperidine rings is 1. The van der Waals surface area contributed by atoms with E-state index in [0.717, 1.165) is 19.0 Å². The summed E-state index contributed by atoms with van der Waals surface area (Å²) in [5, 5.41) is 3.41. The fourth-order valence-corrected chi connectivity index (χ4v) is 4.02. The highest BCUT2D eigenvalue weighted by Gasteiger charge is 2.41. The van der Waals surface area contributed by atoms with Crippen LogP contribution in [0.3, 0.4) is 0 Å². The molecule has 114 valence electrons. The Morgan fingerprint density at radius 1 is 1.24 bits per heavy atom. The van der Waals surface area contributed by atoms with Crippen molar-refractivity contribution in [2.24, 2.45) is 23.5 Å². The predicted molar refractivity (Wildman–Crippen MR) is 84.8 cm³/mol. The number of primary amides is 1. The van der Waals surface area contributed by atoms with Gasteiger partial charge in [0.1, 0.15) is 0 Å². The predicted octanol–water partition coefficient (Wildman–Crippen LogP) is 2.67. The molecule has 1 aromatic carbocycles. The minimum Gasteiger partial charge on any atom is -0.370 e. The van der Waals surface area contributed by atoms with E-state index in [2.05, 4.69) is 35.6 Å². The lowest BCUT2D eigenvalue weighted by Crippen LogP contribution is -2.33. The van der Waals surface area contributed by atoms with Crippen LogP contribution >= 0.6 is 0 Å². The first-order chi connectivity index (χ1) is 10.2. The summed E-state index contributed by atoms with van der Waals surface area (Å²) in [4.78, 5) is 11.4. The maximum Gasteiger partial charge on any atom is 0.217 e. The fourth-order valence-electron chi connectivity index (χ4n) is 4.02. The van der Waals surface area contributed by atoms with E-state index in [1.54, 1.807) is 0 Å². The summed E-state index contributed by atoms with van der Waals surface area (Å²) >= 11 is 0. The van der Waals surface area contributed by atoms with Crippen molar-refractivity contribution in [3.8, 4) is 0 Å². The van der Waals surface area contributed by atoms with Crippen molar-refractivity contribution in [3.63, 3.8) is 0 Å². The van der Waals surface area contributed by atoms with E-state index < -0.39 is 0 Å². The zero-order valence-electron chi connectivity index (χ0n) is 12.6. The molecule has 1 aliphatic heterocycles. The maximum atomic E-state index is 11.4. The minimum absolute atomic E-state index is 0.129. The second-order valence-corrected chi connectivity index (χ2v) is 6.77. The van der Waals surface area contributed by atoms with Crippen molar-refractivity contribution < 1.29 is 4.79 Å². The van der Waals surface area contributed by atoms with Crippen LogP contribution in [0.15, 0.2) is 30.3 Å². The van der Waals surface area contributed by atoms with Crippen LogP contribution in [0.4, 0.5) is 0 Å². The third kappa shape index (κ3) is 3.85. The Kier molecular flexibility index (Phi) is 4.59. The molecule has 1 amide bonds. The minimum atomic E-state index is -0.129. The molecule has 3 atom stereocenters. The monoisotopic (exact) mass is 286 g/mol. The number of hydrogen-bond donors (Lipinski definition) is 2. The van der Waals surface area contributed by atoms with Gasteiger partial charge in [0, 0.05) is 6.42 Å². The van der Waals surface area contributed by atoms with Gasteiger partial charge in [-0.25, -0.2) is 0 Å². The van der Waals surface area contributed by atoms with Gasteiger partial charge in [0.05, 0.1) is 0 Å². The Hall–Kier alpha value is -1.35. The van der Waals surface area contributed by atoms with Crippen LogP contribution in [-0.4, -0.2) is 19.0 Å². The van der Waals surface area contributed by atoms with Crippen LogP contribution in [0.5, 0.6) is 0 Å². The maximum absolute atomic E-state index is 11.4. The first-order valence-electron chi connectivity index (χ1n) is 8.28. The molecule has 3 nitrogen and oxygen atoms in total. The Morgan fingerprint density at radius 3 is 2.62 bits per heavy atom. The van der Waals surface area contributed by atoms with Crippen LogP contribution < -0.4 is 11.1 Å². The quantitative estimate of drug-likeness (QED) is 0.844. The number of benzene rings is 1. The molecule has 0 bridgehead atoms. The second kappa shape index (κ2) is 6.61. The van der Waals surface area contributed by atoms with Crippen LogP contribution in [0, 0.1) is 17.8 Å². The summed E-state index contributed by atoms with van der Waals surface area (Å²) in [7, 11) is 0. The zero-order chi connectivity index (χ0) is 14.7. The highest BCUT2D eigenvalue weighted by Crippen LogP contribution is 2.52. The molecular weight excluding hydrogens is 260 g/mol. The zero-order valence-corrected chi connectivity index (χ0v) is 12.6. The molecule has 3 N–H and O–H groups in total. The molecule has 21 heavy (non-hydrogen) atoms. The highest BCUT2D eigenvalue weighted by molar-refractivity contribution is 5.74. The molecule has 3 unspecified atom stereocenters. The van der Waals surface area contributed by atoms with E-state index in [4.69, 9.17) is 5.73 Å². The lowest BCUT2D eigenvalue weighted by atomic mass is 9.79. The summed E-state index contributed by atoms with van der Waals surface area (Å²) < 4.78 is 0. The van der Waals surface area contributed by atoms with Gasteiger partial charge < -0.3 is 11.1 Å². The van der Waals surface area contributed by atoms with E-state index in [1.165, 1.54) is 31.2 Å². The number of carbonyl (C=O) groups excluding carboxylic acids is 1. The number of carbonyl (C=O) groups is 1. The van der Waals surface area contributed by atoms with Gasteiger partial charge in [0.2, 0.25) is 5.91 Å². The Bertz CT molecular complexity index is 467. The standard InChI is InChI=1S/C18H26N2O/c19-18(21)12-15(13-6-8-20-9-7-13)10-16-11-17(16)14-4-2-1-3-5-14/h1-5,13,15-17,20H,6-12H2,(H2,19,21). The van der Waals surface area contributed by atoms with Gasteiger partial charge in [-0.15, -0.1) is 0 Å². The molecule has 1 saturated carbocycles. The first kappa shape index (κ1) is 14.6. The van der Waals surface area contributed by atoms with Crippen molar-refractivity contribution in [3.05, 3.63) is 35.9 Å². The summed E-state index contributed by atoms with van der Waals surface area (Å²) in [5.74, 6) is 2.50. The largest absolute Gasteiger partial charge is 0.370 e. The van der Waals surface area contributed by atoms with Gasteiger partial charge in [0.25, 0.3) is 0 Å². The van der Waals surface area contributed by atoms with Crippen molar-refractivity contribution in [2.75, 3.05) is 13.1 Å². The number of nitrogens with one attached hydrogen (secondary N) is 1. The average molecular weight is 286 g/mol. The highest BCUT2D eigenvalue weighted by atomic mass is 16.1. The molecule has 1 aromatic rings. The van der Waals surface area contributed by atoms with E-state index in [-0.39, 0.29) is 5.91 Å². The van der Waals surface area contributed by atoms with Gasteiger partial charge in [0.15, 0.2) is 0 Å². The van der Waals surface area contributed by atoms with E-state index in [1.807, 2.05) is 0 Å². The molecule has 0 spiro atoms. The summed E-state index contributed by atoms with van der Waals surface area (Å²) in [6.45, 7) is 2.18. The van der Waals surface area contributed by atoms with Crippen molar-refractivity contribution in [1.29, 1.82) is 0 Å². The smallest absolute Gasteiger partial charge is 0.217 e. The number of hydrogen-bond acceptors (Lipinski definition) is 2. The SMILES string of the molecule is NC(=O)CC(CC1CC1c1ccccc1)C1CCNCC1. The molecule has 3 rings (SSSR count). The lowest BCUT2D eigenvalue weighted by Gasteiger charge is -2.30. The molecule has 2 fully saturated rings. The van der Waals surface area contributed by atoms with Crippen molar-refractivity contribution in [1.82, 2.24) is 5.32 Å². The molecular formula is C18H26N2O. The van der Waals surface area contributed by atoms with Crippen LogP contribution in [0.1, 0.15) is 43.6 Å². The summed E-state index contributed by atoms with van der Waals surface area (Å²) in [6.07, 6.45) is 5.42. The first-order valence-corrected chi connectivity index (χ1v) is 8.28. The topological polar surface area (TPSA) is 55.1 Å². The van der Waals surface area contributed by atoms with Gasteiger partial charge in [-0.1, -0.05) is 30.3 Å². The van der Waals surface area contributed by atoms with Crippen molar-refractivity contribution in [2.45, 2.75) is 38.0 Å². The van der Waals surface area contributed by atoms with Crippen LogP contribution in [-0.2, 0) is 4.79 Å². The van der Waals surface area contributed by atoms with Gasteiger partial charge >= 0.3 is 0 Å². The molecule has 1 aliphatic carbocycles. The molecule has 0 radical (unpaired) electrons. The third-order valence-electron chi connectivity index (χ3n) is 5.27. The molecule has 1 saturated heterocycles. The summed E-state index contributed by atoms with van der Waals surface area (Å²) in [5.41, 5.74) is 6.95. The van der Waals surface area contributed by atoms with Gasteiger partial charge in [-0.2, -0.15) is 0 Å². The molecule has 0 aromatic heterocycles. The Labute approximate surface area is 127 Å². The van der Waals surface area contributed by atoms with Crippen molar-refractivity contribution >= 4 is 5.91 Å². The number of rotatable bonds is 6. The Balaban J connectivity index is 1.59. The van der Waals surface area contributed by atoms with Gasteiger partial charge in [-0.05, 0) is 68.0 Å². The average Bonchev–Trinajstić information content (AvgIpc) is 3.27. The third-order valence-corrected chi connectivity index (χ3v) is 5.27. The van der Waals surface area contributed by atoms with Gasteiger partial charge in [-0.3, -0.25) is 4.79 Å². The van der Waals surface area contributed by atoms with Crippen LogP contribution in [0.25, 0.3) is 0 Å². The van der Waals surface area contributed by atoms with Crippen LogP contribution in [0.2, 0.25) is 0 Å². The molecule has 1 heterocycles. The van der Waals surface area contributed by atoms with E-state index in [9.17, 15) is 4.79 Å². The lowest BCUT2D eigenvalue weighted by molar-refractivity contribution is -0.119. The molecule has 3 heteroatoms. The fraction of sp³-hybridized carbons (Fsp3) is 0.611. The second-order valence-electron chi connectivity index (χ2n) is 6.77. The molecule has 2 aliphatic rings. The Morgan fingerprint density at radius 2 is 1.95 bits per heavy atom. The van der Waals surface area contributed by atoms with E-state index in [0.29, 0.717) is 24.2 Å². The van der Waals surface area contributed by atoms with E-state index >= 15 is 0 Å².